The number of ether oxygens (including phenoxy) is 4. The van der Waals surface area contributed by atoms with Crippen LogP contribution >= 0.6 is 0 Å². The van der Waals surface area contributed by atoms with Gasteiger partial charge in [0.05, 0.1) is 0 Å². The monoisotopic (exact) mass is 774 g/mol. The van der Waals surface area contributed by atoms with Crippen molar-refractivity contribution in [3.63, 3.8) is 0 Å². The molecule has 3 aromatic rings. The van der Waals surface area contributed by atoms with Crippen LogP contribution in [0.4, 0.5) is 0 Å². The number of aromatic nitrogens is 1. The van der Waals surface area contributed by atoms with Crippen LogP contribution in [-0.4, -0.2) is 52.3 Å². The van der Waals surface area contributed by atoms with Crippen molar-refractivity contribution >= 4 is 11.8 Å². The minimum Gasteiger partial charge on any atom is -0.488 e. The molecule has 0 spiro atoms. The van der Waals surface area contributed by atoms with E-state index in [1.807, 2.05) is 24.3 Å². The fourth-order valence-electron chi connectivity index (χ4n) is 5.48. The number of amides is 2. The Kier molecular flexibility index (Phi) is 17.1. The molecule has 2 aromatic carbocycles. The summed E-state index contributed by atoms with van der Waals surface area (Å²) < 4.78 is 25.4. The number of pyridine rings is 1. The first-order valence-corrected chi connectivity index (χ1v) is 20.9. The molecule has 3 rings (SSSR count). The summed E-state index contributed by atoms with van der Waals surface area (Å²) in [5.41, 5.74) is 1.54. The Morgan fingerprint density at radius 2 is 0.875 bits per heavy atom. The van der Waals surface area contributed by atoms with Crippen molar-refractivity contribution in [1.29, 1.82) is 0 Å². The van der Waals surface area contributed by atoms with Crippen LogP contribution in [0.5, 0.6) is 23.0 Å². The van der Waals surface area contributed by atoms with Crippen molar-refractivity contribution in [2.75, 3.05) is 13.1 Å². The number of unbranched alkanes of at least 4 members (excludes halogenated alkanes) is 2. The lowest BCUT2D eigenvalue weighted by atomic mass is 10.0. The standard InChI is InChI=1S/C47H71N3O6/c1-13-44(5,6)53-36-28-26-34(40(32-36)55-46(9,10)15-3)22-17-19-30-48-42(51)38-24-21-25-39(50-38)43(52)49-31-20-18-23-35-27-29-37(54-45(7,8)14-2)33-41(35)56-47(11,12)16-4/h21,24-29,32-33H,13-20,22-23,30-31H2,1-12H3,(H,48,51)(H,49,52). The van der Waals surface area contributed by atoms with Crippen molar-refractivity contribution in [2.45, 2.75) is 170 Å². The van der Waals surface area contributed by atoms with E-state index in [1.54, 1.807) is 18.2 Å². The molecule has 0 unspecified atom stereocenters. The number of carbonyl (C=O) groups is 2. The predicted molar refractivity (Wildman–Crippen MR) is 228 cm³/mol. The third-order valence-electron chi connectivity index (χ3n) is 10.6. The number of nitrogens with zero attached hydrogens (tertiary/aromatic N) is 1. The number of rotatable bonds is 24. The molecule has 1 aromatic heterocycles. The molecular formula is C47H71N3O6. The van der Waals surface area contributed by atoms with Crippen molar-refractivity contribution in [3.05, 3.63) is 77.1 Å². The second-order valence-corrected chi connectivity index (χ2v) is 17.2. The van der Waals surface area contributed by atoms with Gasteiger partial charge in [0.1, 0.15) is 56.8 Å². The highest BCUT2D eigenvalue weighted by Crippen LogP contribution is 2.34. The molecule has 0 saturated heterocycles. The van der Waals surface area contributed by atoms with E-state index in [-0.39, 0.29) is 45.6 Å². The van der Waals surface area contributed by atoms with E-state index in [1.165, 1.54) is 0 Å². The van der Waals surface area contributed by atoms with Gasteiger partial charge in [-0.1, -0.05) is 45.9 Å². The van der Waals surface area contributed by atoms with E-state index in [9.17, 15) is 9.59 Å². The number of hydrogen-bond donors (Lipinski definition) is 2. The zero-order chi connectivity index (χ0) is 41.6. The molecule has 0 saturated carbocycles. The normalized spacial score (nSPS) is 12.2. The second-order valence-electron chi connectivity index (χ2n) is 17.2. The predicted octanol–water partition coefficient (Wildman–Crippen LogP) is 10.9. The molecule has 2 N–H and O–H groups in total. The van der Waals surface area contributed by atoms with Gasteiger partial charge < -0.3 is 29.6 Å². The van der Waals surface area contributed by atoms with Gasteiger partial charge in [-0.2, -0.15) is 0 Å². The minimum absolute atomic E-state index is 0.220. The summed E-state index contributed by atoms with van der Waals surface area (Å²) in [4.78, 5) is 30.3. The maximum absolute atomic E-state index is 13.0. The minimum atomic E-state index is -0.304. The lowest BCUT2D eigenvalue weighted by Gasteiger charge is -2.29. The third-order valence-corrected chi connectivity index (χ3v) is 10.6. The zero-order valence-corrected chi connectivity index (χ0v) is 36.6. The van der Waals surface area contributed by atoms with E-state index >= 15 is 0 Å². The topological polar surface area (TPSA) is 108 Å². The van der Waals surface area contributed by atoms with Crippen molar-refractivity contribution in [3.8, 4) is 23.0 Å². The average molecular weight is 774 g/mol. The molecule has 0 radical (unpaired) electrons. The van der Waals surface area contributed by atoms with E-state index in [0.29, 0.717) is 13.1 Å². The maximum atomic E-state index is 13.0. The van der Waals surface area contributed by atoms with Crippen LogP contribution in [0.25, 0.3) is 0 Å². The lowest BCUT2D eigenvalue weighted by Crippen LogP contribution is -2.29. The number of hydrogen-bond acceptors (Lipinski definition) is 7. The molecule has 310 valence electrons. The number of aryl methyl sites for hydroxylation is 2. The van der Waals surface area contributed by atoms with Crippen LogP contribution in [0, 0.1) is 0 Å². The SMILES string of the molecule is CCC(C)(C)Oc1ccc(CCCCNC(=O)c2cccc(C(=O)NCCCCc3ccc(OC(C)(C)CC)cc3OC(C)(C)CC)n2)c(OC(C)(C)CC)c1. The first-order chi connectivity index (χ1) is 26.3. The molecule has 0 atom stereocenters. The first-order valence-electron chi connectivity index (χ1n) is 20.9. The van der Waals surface area contributed by atoms with Gasteiger partial charge in [0.2, 0.25) is 0 Å². The number of carbonyl (C=O) groups excluding carboxylic acids is 2. The molecule has 56 heavy (non-hydrogen) atoms. The molecule has 2 amide bonds. The Morgan fingerprint density at radius 3 is 1.23 bits per heavy atom. The van der Waals surface area contributed by atoms with E-state index in [2.05, 4.69) is 111 Å². The molecule has 0 aliphatic rings. The summed E-state index contributed by atoms with van der Waals surface area (Å²) in [6.07, 6.45) is 8.44. The van der Waals surface area contributed by atoms with Gasteiger partial charge in [0.25, 0.3) is 11.8 Å². The molecule has 0 aliphatic heterocycles. The Morgan fingerprint density at radius 1 is 0.518 bits per heavy atom. The maximum Gasteiger partial charge on any atom is 0.269 e. The Bertz CT molecular complexity index is 1590. The largest absolute Gasteiger partial charge is 0.488 e. The summed E-state index contributed by atoms with van der Waals surface area (Å²) in [6, 6.07) is 17.2. The molecule has 1 heterocycles. The second kappa shape index (κ2) is 20.8. The smallest absolute Gasteiger partial charge is 0.269 e. The van der Waals surface area contributed by atoms with Crippen LogP contribution in [-0.2, 0) is 12.8 Å². The van der Waals surface area contributed by atoms with Gasteiger partial charge in [0.15, 0.2) is 0 Å². The highest BCUT2D eigenvalue weighted by atomic mass is 16.5. The van der Waals surface area contributed by atoms with Gasteiger partial charge in [-0.15, -0.1) is 0 Å². The Labute approximate surface area is 338 Å². The first kappa shape index (κ1) is 46.1. The summed E-state index contributed by atoms with van der Waals surface area (Å²) >= 11 is 0. The number of benzene rings is 2. The fraction of sp³-hybridized carbons (Fsp3) is 0.596. The highest BCUT2D eigenvalue weighted by Gasteiger charge is 2.23. The van der Waals surface area contributed by atoms with E-state index < -0.39 is 0 Å². The van der Waals surface area contributed by atoms with Gasteiger partial charge in [-0.3, -0.25) is 9.59 Å². The third kappa shape index (κ3) is 15.3. The highest BCUT2D eigenvalue weighted by molar-refractivity contribution is 5.96. The van der Waals surface area contributed by atoms with Crippen LogP contribution < -0.4 is 29.6 Å². The lowest BCUT2D eigenvalue weighted by molar-refractivity contribution is 0.0931. The van der Waals surface area contributed by atoms with Crippen molar-refractivity contribution in [1.82, 2.24) is 15.6 Å². The van der Waals surface area contributed by atoms with Crippen LogP contribution in [0.1, 0.15) is 167 Å². The van der Waals surface area contributed by atoms with Crippen molar-refractivity contribution < 1.29 is 28.5 Å². The zero-order valence-electron chi connectivity index (χ0n) is 36.6. The Hall–Kier alpha value is -4.27. The summed E-state index contributed by atoms with van der Waals surface area (Å²) in [7, 11) is 0. The molecule has 9 nitrogen and oxygen atoms in total. The molecule has 0 bridgehead atoms. The summed E-state index contributed by atoms with van der Waals surface area (Å²) in [6.45, 7) is 26.2. The fourth-order valence-corrected chi connectivity index (χ4v) is 5.48. The summed E-state index contributed by atoms with van der Waals surface area (Å²) in [5.74, 6) is 2.68. The number of nitrogens with one attached hydrogen (secondary N) is 2. The van der Waals surface area contributed by atoms with Gasteiger partial charge in [-0.05, 0) is 155 Å². The average Bonchev–Trinajstić information content (AvgIpc) is 3.15. The van der Waals surface area contributed by atoms with Crippen LogP contribution in [0.3, 0.4) is 0 Å². The summed E-state index contributed by atoms with van der Waals surface area (Å²) in [5, 5.41) is 5.93. The molecule has 0 fully saturated rings. The van der Waals surface area contributed by atoms with Gasteiger partial charge in [-0.25, -0.2) is 4.98 Å². The van der Waals surface area contributed by atoms with Crippen molar-refractivity contribution in [2.24, 2.45) is 0 Å². The van der Waals surface area contributed by atoms with E-state index in [4.69, 9.17) is 18.9 Å². The molecule has 9 heteroatoms. The Balaban J connectivity index is 1.49. The van der Waals surface area contributed by atoms with E-state index in [0.717, 1.165) is 98.3 Å². The van der Waals surface area contributed by atoms with Gasteiger partial charge >= 0.3 is 0 Å². The molecular weight excluding hydrogens is 703 g/mol. The van der Waals surface area contributed by atoms with Crippen LogP contribution in [0.15, 0.2) is 54.6 Å². The molecule has 0 aliphatic carbocycles. The quantitative estimate of drug-likeness (QED) is 0.0873. The van der Waals surface area contributed by atoms with Gasteiger partial charge in [0, 0.05) is 25.2 Å². The van der Waals surface area contributed by atoms with Crippen LogP contribution in [0.2, 0.25) is 0 Å².